The highest BCUT2D eigenvalue weighted by molar-refractivity contribution is 5.72. The predicted octanol–water partition coefficient (Wildman–Crippen LogP) is 7.20. The van der Waals surface area contributed by atoms with E-state index in [2.05, 4.69) is 63.5 Å². The molecule has 2 aromatic rings. The fraction of sp³-hybridized carbons (Fsp3) is 0.581. The highest BCUT2D eigenvalue weighted by atomic mass is 16.5. The summed E-state index contributed by atoms with van der Waals surface area (Å²) in [6.07, 6.45) is 11.1. The smallest absolute Gasteiger partial charge is 0.314 e. The van der Waals surface area contributed by atoms with Gasteiger partial charge in [0.2, 0.25) is 0 Å². The van der Waals surface area contributed by atoms with Crippen molar-refractivity contribution in [1.82, 2.24) is 0 Å². The zero-order valence-electron chi connectivity index (χ0n) is 22.6. The minimum Gasteiger partial charge on any atom is -0.493 e. The Hall–Kier alpha value is -2.33. The number of benzene rings is 2. The Morgan fingerprint density at radius 1 is 0.829 bits per heavy atom. The summed E-state index contributed by atoms with van der Waals surface area (Å²) in [5, 5.41) is 0. The Kier molecular flexibility index (Phi) is 13.5. The van der Waals surface area contributed by atoms with Crippen molar-refractivity contribution in [3.05, 3.63) is 65.7 Å². The lowest BCUT2D eigenvalue weighted by Gasteiger charge is -2.31. The summed E-state index contributed by atoms with van der Waals surface area (Å²) in [4.78, 5) is 12.5. The standard InChI is InChI=1S/C31H48NO3/c1-5-6-7-8-9-10-12-17-28-20-15-21-30(24-28)34-22-16-23-35-31(33)27(2)25-32(3,4)26-29-18-13-11-14-19-29/h11,13-15,18-21,24,27H,5-10,12,16-17,22-23,25-26H2,1-4H3/q+1. The van der Waals surface area contributed by atoms with Crippen molar-refractivity contribution in [3.8, 4) is 5.75 Å². The second-order valence-electron chi connectivity index (χ2n) is 10.6. The van der Waals surface area contributed by atoms with Crippen LogP contribution in [0.5, 0.6) is 5.75 Å². The Morgan fingerprint density at radius 3 is 2.26 bits per heavy atom. The number of quaternary nitrogens is 1. The van der Waals surface area contributed by atoms with Gasteiger partial charge in [0.1, 0.15) is 18.2 Å². The van der Waals surface area contributed by atoms with Crippen LogP contribution in [0.4, 0.5) is 0 Å². The molecule has 0 bridgehead atoms. The third-order valence-electron chi connectivity index (χ3n) is 6.39. The van der Waals surface area contributed by atoms with Gasteiger partial charge in [0, 0.05) is 12.0 Å². The number of carbonyl (C=O) groups is 1. The van der Waals surface area contributed by atoms with E-state index in [1.165, 1.54) is 56.1 Å². The molecule has 0 aliphatic rings. The van der Waals surface area contributed by atoms with Crippen LogP contribution in [0.2, 0.25) is 0 Å². The van der Waals surface area contributed by atoms with Gasteiger partial charge in [-0.3, -0.25) is 4.79 Å². The highest BCUT2D eigenvalue weighted by Gasteiger charge is 2.25. The molecule has 0 spiro atoms. The van der Waals surface area contributed by atoms with Crippen LogP contribution in [0.3, 0.4) is 0 Å². The number of nitrogens with zero attached hydrogens (tertiary/aromatic N) is 1. The molecule has 0 aliphatic heterocycles. The first-order chi connectivity index (χ1) is 16.9. The number of aryl methyl sites for hydroxylation is 1. The van der Waals surface area contributed by atoms with Gasteiger partial charge in [-0.1, -0.05) is 87.9 Å². The number of esters is 1. The van der Waals surface area contributed by atoms with Crippen molar-refractivity contribution in [2.75, 3.05) is 33.9 Å². The summed E-state index contributed by atoms with van der Waals surface area (Å²) in [6.45, 7) is 6.81. The van der Waals surface area contributed by atoms with Gasteiger partial charge in [0.25, 0.3) is 0 Å². The molecule has 2 rings (SSSR count). The lowest BCUT2D eigenvalue weighted by molar-refractivity contribution is -0.905. The third kappa shape index (κ3) is 12.8. The first-order valence-corrected chi connectivity index (χ1v) is 13.6. The van der Waals surface area contributed by atoms with Gasteiger partial charge in [0.15, 0.2) is 0 Å². The molecule has 0 saturated carbocycles. The van der Waals surface area contributed by atoms with Crippen molar-refractivity contribution >= 4 is 5.97 Å². The normalized spacial score (nSPS) is 12.3. The van der Waals surface area contributed by atoms with E-state index in [1.807, 2.05) is 19.1 Å². The summed E-state index contributed by atoms with van der Waals surface area (Å²) in [7, 11) is 4.32. The van der Waals surface area contributed by atoms with Crippen molar-refractivity contribution in [2.45, 2.75) is 78.2 Å². The maximum Gasteiger partial charge on any atom is 0.314 e. The number of hydrogen-bond donors (Lipinski definition) is 0. The van der Waals surface area contributed by atoms with Gasteiger partial charge in [-0.25, -0.2) is 0 Å². The summed E-state index contributed by atoms with van der Waals surface area (Å²) < 4.78 is 12.2. The molecule has 0 saturated heterocycles. The molecule has 0 aromatic heterocycles. The van der Waals surface area contributed by atoms with Gasteiger partial charge in [0.05, 0.1) is 33.9 Å². The van der Waals surface area contributed by atoms with Gasteiger partial charge in [-0.05, 0) is 37.5 Å². The van der Waals surface area contributed by atoms with Gasteiger partial charge in [-0.2, -0.15) is 0 Å². The zero-order chi connectivity index (χ0) is 25.4. The second-order valence-corrected chi connectivity index (χ2v) is 10.6. The average Bonchev–Trinajstić information content (AvgIpc) is 2.83. The van der Waals surface area contributed by atoms with Gasteiger partial charge in [-0.15, -0.1) is 0 Å². The number of carbonyl (C=O) groups excluding carboxylic acids is 1. The lowest BCUT2D eigenvalue weighted by Crippen LogP contribution is -2.44. The topological polar surface area (TPSA) is 35.5 Å². The van der Waals surface area contributed by atoms with E-state index in [9.17, 15) is 4.79 Å². The third-order valence-corrected chi connectivity index (χ3v) is 6.39. The molecule has 194 valence electrons. The van der Waals surface area contributed by atoms with E-state index in [-0.39, 0.29) is 11.9 Å². The Bertz CT molecular complexity index is 834. The van der Waals surface area contributed by atoms with E-state index in [0.717, 1.165) is 29.7 Å². The van der Waals surface area contributed by atoms with Crippen LogP contribution in [0.15, 0.2) is 54.6 Å². The monoisotopic (exact) mass is 482 g/mol. The Labute approximate surface area is 214 Å². The molecule has 0 radical (unpaired) electrons. The van der Waals surface area contributed by atoms with Crippen LogP contribution in [0.25, 0.3) is 0 Å². The van der Waals surface area contributed by atoms with Gasteiger partial charge < -0.3 is 14.0 Å². The van der Waals surface area contributed by atoms with Crippen molar-refractivity contribution < 1.29 is 18.8 Å². The molecule has 0 aliphatic carbocycles. The van der Waals surface area contributed by atoms with E-state index >= 15 is 0 Å². The molecule has 0 fully saturated rings. The molecule has 4 nitrogen and oxygen atoms in total. The molecule has 4 heteroatoms. The summed E-state index contributed by atoms with van der Waals surface area (Å²) in [5.74, 6) is 0.643. The Balaban J connectivity index is 1.60. The fourth-order valence-electron chi connectivity index (χ4n) is 4.60. The fourth-order valence-corrected chi connectivity index (χ4v) is 4.60. The second kappa shape index (κ2) is 16.4. The first-order valence-electron chi connectivity index (χ1n) is 13.6. The van der Waals surface area contributed by atoms with Crippen molar-refractivity contribution in [1.29, 1.82) is 0 Å². The molecule has 0 heterocycles. The van der Waals surface area contributed by atoms with Gasteiger partial charge >= 0.3 is 5.97 Å². The minimum atomic E-state index is -0.141. The molecule has 35 heavy (non-hydrogen) atoms. The molecular weight excluding hydrogens is 434 g/mol. The number of unbranched alkanes of at least 4 members (excludes halogenated alkanes) is 6. The maximum absolute atomic E-state index is 12.5. The van der Waals surface area contributed by atoms with Crippen LogP contribution in [-0.2, 0) is 22.5 Å². The largest absolute Gasteiger partial charge is 0.493 e. The Morgan fingerprint density at radius 2 is 1.51 bits per heavy atom. The van der Waals surface area contributed by atoms with E-state index in [1.54, 1.807) is 0 Å². The number of rotatable bonds is 18. The van der Waals surface area contributed by atoms with Crippen LogP contribution >= 0.6 is 0 Å². The highest BCUT2D eigenvalue weighted by Crippen LogP contribution is 2.17. The summed E-state index contributed by atoms with van der Waals surface area (Å²) in [6, 6.07) is 18.8. The number of ether oxygens (including phenoxy) is 2. The average molecular weight is 483 g/mol. The zero-order valence-corrected chi connectivity index (χ0v) is 22.6. The molecule has 1 atom stereocenters. The number of hydrogen-bond acceptors (Lipinski definition) is 3. The van der Waals surface area contributed by atoms with Crippen molar-refractivity contribution in [3.63, 3.8) is 0 Å². The van der Waals surface area contributed by atoms with Crippen LogP contribution in [0, 0.1) is 5.92 Å². The quantitative estimate of drug-likeness (QED) is 0.128. The van der Waals surface area contributed by atoms with E-state index < -0.39 is 0 Å². The maximum atomic E-state index is 12.5. The molecule has 0 amide bonds. The molecular formula is C31H48NO3+. The summed E-state index contributed by atoms with van der Waals surface area (Å²) in [5.41, 5.74) is 2.62. The lowest BCUT2D eigenvalue weighted by atomic mass is 10.0. The molecule has 1 unspecified atom stereocenters. The molecule has 0 N–H and O–H groups in total. The predicted molar refractivity (Wildman–Crippen MR) is 145 cm³/mol. The summed E-state index contributed by atoms with van der Waals surface area (Å²) >= 11 is 0. The van der Waals surface area contributed by atoms with Crippen LogP contribution in [-0.4, -0.2) is 44.3 Å². The minimum absolute atomic E-state index is 0.124. The van der Waals surface area contributed by atoms with Crippen molar-refractivity contribution in [2.24, 2.45) is 5.92 Å². The van der Waals surface area contributed by atoms with E-state index in [0.29, 0.717) is 19.6 Å². The van der Waals surface area contributed by atoms with Crippen LogP contribution < -0.4 is 4.74 Å². The SMILES string of the molecule is CCCCCCCCCc1cccc(OCCCOC(=O)C(C)C[N+](C)(C)Cc2ccccc2)c1. The van der Waals surface area contributed by atoms with Crippen LogP contribution in [0.1, 0.15) is 76.3 Å². The first kappa shape index (κ1) is 28.9. The van der Waals surface area contributed by atoms with E-state index in [4.69, 9.17) is 9.47 Å². The molecule has 2 aromatic carbocycles.